The summed E-state index contributed by atoms with van der Waals surface area (Å²) >= 11 is 0. The van der Waals surface area contributed by atoms with E-state index in [4.69, 9.17) is 0 Å². The maximum absolute atomic E-state index is 3.70. The fourth-order valence-corrected chi connectivity index (χ4v) is 3.35. The highest BCUT2D eigenvalue weighted by Gasteiger charge is 2.36. The Morgan fingerprint density at radius 1 is 1.05 bits per heavy atom. The first-order chi connectivity index (χ1) is 9.99. The van der Waals surface area contributed by atoms with Crippen LogP contribution in [0.4, 0.5) is 5.69 Å². The number of nitrogens with one attached hydrogen (secondary N) is 1. The Bertz CT molecular complexity index is 629. The van der Waals surface area contributed by atoms with Gasteiger partial charge in [-0.2, -0.15) is 0 Å². The zero-order chi connectivity index (χ0) is 15.0. The minimum atomic E-state index is 0.0549. The molecule has 0 spiro atoms. The number of fused-ring (bicyclic) bond motifs is 1. The molecule has 0 radical (unpaired) electrons. The van der Waals surface area contributed by atoms with Crippen LogP contribution in [-0.4, -0.2) is 19.6 Å². The van der Waals surface area contributed by atoms with Crippen LogP contribution < -0.4 is 10.2 Å². The fourth-order valence-electron chi connectivity index (χ4n) is 3.35. The van der Waals surface area contributed by atoms with Gasteiger partial charge in [0.2, 0.25) is 0 Å². The second-order valence-electron chi connectivity index (χ2n) is 6.70. The van der Waals surface area contributed by atoms with Crippen LogP contribution in [0.3, 0.4) is 0 Å². The van der Waals surface area contributed by atoms with Crippen molar-refractivity contribution >= 4 is 5.69 Å². The van der Waals surface area contributed by atoms with Crippen molar-refractivity contribution < 1.29 is 0 Å². The van der Waals surface area contributed by atoms with E-state index in [9.17, 15) is 0 Å². The van der Waals surface area contributed by atoms with E-state index < -0.39 is 0 Å². The normalized spacial score (nSPS) is 19.9. The van der Waals surface area contributed by atoms with E-state index in [0.717, 1.165) is 6.54 Å². The summed E-state index contributed by atoms with van der Waals surface area (Å²) in [4.78, 5) is 2.18. The van der Waals surface area contributed by atoms with Crippen molar-refractivity contribution in [2.45, 2.75) is 31.8 Å². The molecular formula is C19H24N2. The maximum Gasteiger partial charge on any atom is 0.0364 e. The molecule has 1 atom stereocenters. The third-order valence-corrected chi connectivity index (χ3v) is 4.55. The molecule has 1 unspecified atom stereocenters. The highest BCUT2D eigenvalue weighted by atomic mass is 15.1. The lowest BCUT2D eigenvalue weighted by atomic mass is 9.73. The van der Waals surface area contributed by atoms with Crippen molar-refractivity contribution in [2.24, 2.45) is 0 Å². The van der Waals surface area contributed by atoms with Crippen LogP contribution in [0.5, 0.6) is 0 Å². The lowest BCUT2D eigenvalue weighted by molar-refractivity contribution is 0.323. The SMILES string of the molecule is CN(C)c1ccc2c(c1)C(c1ccccc1)C(C)(C)NC2. The summed E-state index contributed by atoms with van der Waals surface area (Å²) in [6.07, 6.45) is 0. The molecule has 1 heterocycles. The Balaban J connectivity index is 2.16. The largest absolute Gasteiger partial charge is 0.378 e. The number of hydrogen-bond donors (Lipinski definition) is 1. The van der Waals surface area contributed by atoms with Gasteiger partial charge in [0.05, 0.1) is 0 Å². The number of nitrogens with zero attached hydrogens (tertiary/aromatic N) is 1. The van der Waals surface area contributed by atoms with Gasteiger partial charge in [-0.3, -0.25) is 0 Å². The molecule has 3 rings (SSSR count). The predicted octanol–water partition coefficient (Wildman–Crippen LogP) is 3.77. The Morgan fingerprint density at radius 3 is 2.43 bits per heavy atom. The van der Waals surface area contributed by atoms with Gasteiger partial charge in [0.1, 0.15) is 0 Å². The molecule has 0 saturated heterocycles. The molecule has 0 fully saturated rings. The van der Waals surface area contributed by atoms with Crippen molar-refractivity contribution in [1.29, 1.82) is 0 Å². The molecule has 110 valence electrons. The third kappa shape index (κ3) is 2.56. The summed E-state index contributed by atoms with van der Waals surface area (Å²) < 4.78 is 0. The summed E-state index contributed by atoms with van der Waals surface area (Å²) in [6, 6.07) is 17.7. The first-order valence-corrected chi connectivity index (χ1v) is 7.59. The summed E-state index contributed by atoms with van der Waals surface area (Å²) in [7, 11) is 4.21. The first kappa shape index (κ1) is 14.2. The average Bonchev–Trinajstić information content (AvgIpc) is 2.46. The molecule has 2 heteroatoms. The number of anilines is 1. The van der Waals surface area contributed by atoms with E-state index in [1.165, 1.54) is 22.4 Å². The summed E-state index contributed by atoms with van der Waals surface area (Å²) in [5.41, 5.74) is 5.57. The van der Waals surface area contributed by atoms with Crippen LogP contribution in [0.1, 0.15) is 36.5 Å². The van der Waals surface area contributed by atoms with Gasteiger partial charge in [0.15, 0.2) is 0 Å². The lowest BCUT2D eigenvalue weighted by Crippen LogP contribution is -2.48. The zero-order valence-electron chi connectivity index (χ0n) is 13.4. The van der Waals surface area contributed by atoms with Crippen LogP contribution in [0.25, 0.3) is 0 Å². The molecule has 0 aliphatic carbocycles. The van der Waals surface area contributed by atoms with Crippen molar-refractivity contribution in [1.82, 2.24) is 5.32 Å². The van der Waals surface area contributed by atoms with Crippen LogP contribution in [0, 0.1) is 0 Å². The Hall–Kier alpha value is -1.80. The van der Waals surface area contributed by atoms with Crippen LogP contribution in [0.15, 0.2) is 48.5 Å². The highest BCUT2D eigenvalue weighted by Crippen LogP contribution is 2.41. The zero-order valence-corrected chi connectivity index (χ0v) is 13.4. The molecule has 1 aliphatic rings. The van der Waals surface area contributed by atoms with Gasteiger partial charge in [-0.05, 0) is 42.7 Å². The molecular weight excluding hydrogens is 256 g/mol. The molecule has 0 aromatic heterocycles. The smallest absolute Gasteiger partial charge is 0.0364 e. The van der Waals surface area contributed by atoms with Gasteiger partial charge in [-0.25, -0.2) is 0 Å². The quantitative estimate of drug-likeness (QED) is 0.901. The van der Waals surface area contributed by atoms with E-state index in [2.05, 4.69) is 86.7 Å². The topological polar surface area (TPSA) is 15.3 Å². The van der Waals surface area contributed by atoms with Crippen molar-refractivity contribution in [3.8, 4) is 0 Å². The number of benzene rings is 2. The Morgan fingerprint density at radius 2 is 1.76 bits per heavy atom. The average molecular weight is 280 g/mol. The van der Waals surface area contributed by atoms with Gasteiger partial charge in [0, 0.05) is 37.8 Å². The fraction of sp³-hybridized carbons (Fsp3) is 0.368. The van der Waals surface area contributed by atoms with Crippen molar-refractivity contribution in [3.63, 3.8) is 0 Å². The summed E-state index contributed by atoms with van der Waals surface area (Å²) in [6.45, 7) is 5.55. The molecule has 0 saturated carbocycles. The molecule has 2 aromatic carbocycles. The van der Waals surface area contributed by atoms with E-state index in [1.54, 1.807) is 0 Å². The van der Waals surface area contributed by atoms with Gasteiger partial charge in [0.25, 0.3) is 0 Å². The van der Waals surface area contributed by atoms with E-state index in [0.29, 0.717) is 5.92 Å². The maximum atomic E-state index is 3.70. The number of hydrogen-bond acceptors (Lipinski definition) is 2. The minimum Gasteiger partial charge on any atom is -0.378 e. The van der Waals surface area contributed by atoms with Crippen molar-refractivity contribution in [2.75, 3.05) is 19.0 Å². The Labute approximate surface area is 127 Å². The van der Waals surface area contributed by atoms with Gasteiger partial charge >= 0.3 is 0 Å². The summed E-state index contributed by atoms with van der Waals surface area (Å²) in [5, 5.41) is 3.70. The Kier molecular flexibility index (Phi) is 3.50. The minimum absolute atomic E-state index is 0.0549. The molecule has 0 bridgehead atoms. The van der Waals surface area contributed by atoms with E-state index >= 15 is 0 Å². The van der Waals surface area contributed by atoms with Gasteiger partial charge < -0.3 is 10.2 Å². The van der Waals surface area contributed by atoms with Gasteiger partial charge in [-0.1, -0.05) is 36.4 Å². The van der Waals surface area contributed by atoms with E-state index in [-0.39, 0.29) is 5.54 Å². The third-order valence-electron chi connectivity index (χ3n) is 4.55. The first-order valence-electron chi connectivity index (χ1n) is 7.59. The molecule has 1 N–H and O–H groups in total. The second-order valence-corrected chi connectivity index (χ2v) is 6.70. The number of rotatable bonds is 2. The highest BCUT2D eigenvalue weighted by molar-refractivity contribution is 5.54. The van der Waals surface area contributed by atoms with Crippen LogP contribution >= 0.6 is 0 Å². The molecule has 2 nitrogen and oxygen atoms in total. The summed E-state index contributed by atoms with van der Waals surface area (Å²) in [5.74, 6) is 0.377. The molecule has 21 heavy (non-hydrogen) atoms. The van der Waals surface area contributed by atoms with Crippen LogP contribution in [-0.2, 0) is 6.54 Å². The lowest BCUT2D eigenvalue weighted by Gasteiger charge is -2.42. The van der Waals surface area contributed by atoms with E-state index in [1.807, 2.05) is 0 Å². The second kappa shape index (κ2) is 5.19. The standard InChI is InChI=1S/C19H24N2/c1-19(2)18(14-8-6-5-7-9-14)17-12-16(21(3)4)11-10-15(17)13-20-19/h5-12,18,20H,13H2,1-4H3. The van der Waals surface area contributed by atoms with Crippen LogP contribution in [0.2, 0.25) is 0 Å². The molecule has 1 aliphatic heterocycles. The van der Waals surface area contributed by atoms with Crippen molar-refractivity contribution in [3.05, 3.63) is 65.2 Å². The predicted molar refractivity (Wildman–Crippen MR) is 90.0 cm³/mol. The monoisotopic (exact) mass is 280 g/mol. The molecule has 2 aromatic rings. The molecule has 0 amide bonds. The van der Waals surface area contributed by atoms with Gasteiger partial charge in [-0.15, -0.1) is 0 Å².